The van der Waals surface area contributed by atoms with Crippen LogP contribution in [0.2, 0.25) is 0 Å². The highest BCUT2D eigenvalue weighted by atomic mass is 79.9. The van der Waals surface area contributed by atoms with Gasteiger partial charge in [0.25, 0.3) is 0 Å². The number of fused-ring (bicyclic) bond motifs is 2. The smallest absolute Gasteiger partial charge is 0.231 e. The molecule has 1 N–H and O–H groups in total. The first-order valence-electron chi connectivity index (χ1n) is 7.89. The van der Waals surface area contributed by atoms with E-state index in [-0.39, 0.29) is 13.0 Å². The number of hydrogen-bond donors (Lipinski definition) is 1. The zero-order valence-electron chi connectivity index (χ0n) is 13.6. The molecule has 5 nitrogen and oxygen atoms in total. The number of anilines is 1. The van der Waals surface area contributed by atoms with Crippen molar-refractivity contribution in [3.63, 3.8) is 0 Å². The Hall–Kier alpha value is -1.92. The van der Waals surface area contributed by atoms with Crippen LogP contribution in [0.1, 0.15) is 17.3 Å². The minimum absolute atomic E-state index is 0.0133. The van der Waals surface area contributed by atoms with Crippen LogP contribution in [0.5, 0.6) is 17.2 Å². The summed E-state index contributed by atoms with van der Waals surface area (Å²) in [6.07, 6.45) is 0.969. The molecule has 0 spiro atoms. The third kappa shape index (κ3) is 2.59. The molecule has 2 aromatic rings. The predicted octanol–water partition coefficient (Wildman–Crippen LogP) is 3.79. The molecule has 2 aliphatic rings. The average molecular weight is 391 g/mol. The Balaban J connectivity index is 1.78. The van der Waals surface area contributed by atoms with Crippen molar-refractivity contribution in [2.75, 3.05) is 32.8 Å². The molecule has 2 heterocycles. The Morgan fingerprint density at radius 1 is 1.25 bits per heavy atom. The molecule has 0 radical (unpaired) electrons. The van der Waals surface area contributed by atoms with Gasteiger partial charge in [-0.2, -0.15) is 0 Å². The normalized spacial score (nSPS) is 19.0. The van der Waals surface area contributed by atoms with Crippen molar-refractivity contribution in [2.24, 2.45) is 0 Å². The lowest BCUT2D eigenvalue weighted by atomic mass is 9.94. The maximum absolute atomic E-state index is 5.71. The van der Waals surface area contributed by atoms with Crippen LogP contribution in [0.15, 0.2) is 34.8 Å². The molecule has 0 fully saturated rings. The first-order valence-corrected chi connectivity index (χ1v) is 8.68. The summed E-state index contributed by atoms with van der Waals surface area (Å²) in [5.74, 6) is 2.24. The second-order valence-corrected chi connectivity index (χ2v) is 6.92. The highest BCUT2D eigenvalue weighted by Gasteiger charge is 2.33. The second-order valence-electron chi connectivity index (χ2n) is 6.00. The molecule has 24 heavy (non-hydrogen) atoms. The van der Waals surface area contributed by atoms with E-state index in [1.54, 1.807) is 7.11 Å². The topological polar surface area (TPSA) is 43.0 Å². The van der Waals surface area contributed by atoms with Crippen molar-refractivity contribution in [3.05, 3.63) is 45.9 Å². The molecule has 0 saturated carbocycles. The van der Waals surface area contributed by atoms with E-state index >= 15 is 0 Å². The van der Waals surface area contributed by atoms with Crippen molar-refractivity contribution in [3.8, 4) is 17.2 Å². The minimum atomic E-state index is 0.0133. The van der Waals surface area contributed by atoms with Gasteiger partial charge in [-0.3, -0.25) is 4.90 Å². The summed E-state index contributed by atoms with van der Waals surface area (Å²) in [6.45, 7) is 1.21. The Kier molecular flexibility index (Phi) is 4.02. The Labute approximate surface area is 149 Å². The number of halogens is 1. The molecular formula is C18H19BrN2O3. The van der Waals surface area contributed by atoms with Gasteiger partial charge in [-0.15, -0.1) is 0 Å². The van der Waals surface area contributed by atoms with Crippen LogP contribution in [-0.2, 0) is 6.42 Å². The maximum Gasteiger partial charge on any atom is 0.231 e. The number of nitrogens with one attached hydrogen (secondary N) is 1. The van der Waals surface area contributed by atoms with Crippen LogP contribution < -0.4 is 19.5 Å². The molecule has 0 aliphatic carbocycles. The number of nitrogens with zero attached hydrogens (tertiary/aromatic N) is 1. The summed E-state index contributed by atoms with van der Waals surface area (Å²) >= 11 is 3.48. The van der Waals surface area contributed by atoms with Crippen LogP contribution >= 0.6 is 15.9 Å². The summed E-state index contributed by atoms with van der Waals surface area (Å²) in [4.78, 5) is 2.29. The van der Waals surface area contributed by atoms with Crippen LogP contribution in [0, 0.1) is 0 Å². The van der Waals surface area contributed by atoms with Crippen molar-refractivity contribution in [1.82, 2.24) is 4.90 Å². The summed E-state index contributed by atoms with van der Waals surface area (Å²) < 4.78 is 18.0. The molecule has 0 aromatic heterocycles. The fraction of sp³-hybridized carbons (Fsp3) is 0.333. The van der Waals surface area contributed by atoms with Gasteiger partial charge >= 0.3 is 0 Å². The van der Waals surface area contributed by atoms with Crippen molar-refractivity contribution in [2.45, 2.75) is 12.6 Å². The van der Waals surface area contributed by atoms with E-state index in [1.165, 1.54) is 5.56 Å². The van der Waals surface area contributed by atoms with Gasteiger partial charge < -0.3 is 19.5 Å². The van der Waals surface area contributed by atoms with Crippen molar-refractivity contribution < 1.29 is 14.2 Å². The van der Waals surface area contributed by atoms with Gasteiger partial charge in [-0.25, -0.2) is 0 Å². The third-order valence-electron chi connectivity index (χ3n) is 4.54. The lowest BCUT2D eigenvalue weighted by molar-refractivity contribution is 0.170. The lowest BCUT2D eigenvalue weighted by Gasteiger charge is -2.36. The van der Waals surface area contributed by atoms with E-state index in [2.05, 4.69) is 51.4 Å². The molecule has 2 aromatic carbocycles. The number of benzene rings is 2. The van der Waals surface area contributed by atoms with E-state index < -0.39 is 0 Å². The molecule has 0 unspecified atom stereocenters. The van der Waals surface area contributed by atoms with Gasteiger partial charge in [0.1, 0.15) is 6.17 Å². The molecule has 1 atom stereocenters. The monoisotopic (exact) mass is 390 g/mol. The summed E-state index contributed by atoms with van der Waals surface area (Å²) in [5, 5.41) is 3.61. The summed E-state index contributed by atoms with van der Waals surface area (Å²) in [5.41, 5.74) is 3.42. The van der Waals surface area contributed by atoms with Gasteiger partial charge in [-0.1, -0.05) is 15.9 Å². The average Bonchev–Trinajstić information content (AvgIpc) is 3.05. The Bertz CT molecular complexity index is 764. The third-order valence-corrected chi connectivity index (χ3v) is 5.07. The van der Waals surface area contributed by atoms with Crippen molar-refractivity contribution in [1.29, 1.82) is 0 Å². The van der Waals surface area contributed by atoms with E-state index in [4.69, 9.17) is 14.2 Å². The number of rotatable bonds is 3. The van der Waals surface area contributed by atoms with E-state index in [0.717, 1.165) is 40.2 Å². The molecule has 2 aliphatic heterocycles. The largest absolute Gasteiger partial charge is 0.492 e. The summed E-state index contributed by atoms with van der Waals surface area (Å²) in [6, 6.07) is 10.3. The first-order chi connectivity index (χ1) is 11.7. The van der Waals surface area contributed by atoms with Crippen LogP contribution in [-0.4, -0.2) is 32.4 Å². The van der Waals surface area contributed by atoms with Crippen molar-refractivity contribution >= 4 is 21.6 Å². The molecule has 0 bridgehead atoms. The Morgan fingerprint density at radius 3 is 2.79 bits per heavy atom. The standard InChI is InChI=1S/C18H19BrN2O3/c1-21-8-7-11-9-14-16(24-10-23-14)17(22-2)15(11)18(21)20-13-5-3-12(19)4-6-13/h3-6,9,18,20H,7-8,10H2,1-2H3/t18-/m1/s1. The van der Waals surface area contributed by atoms with Gasteiger partial charge in [-0.05, 0) is 49.4 Å². The number of likely N-dealkylation sites (N-methyl/N-ethyl adjacent to an activating group) is 1. The van der Waals surface area contributed by atoms with Crippen LogP contribution in [0.3, 0.4) is 0 Å². The minimum Gasteiger partial charge on any atom is -0.492 e. The van der Waals surface area contributed by atoms with Crippen LogP contribution in [0.4, 0.5) is 5.69 Å². The van der Waals surface area contributed by atoms with Gasteiger partial charge in [0.05, 0.1) is 7.11 Å². The number of ether oxygens (including phenoxy) is 3. The molecular weight excluding hydrogens is 372 g/mol. The zero-order valence-corrected chi connectivity index (χ0v) is 15.2. The lowest BCUT2D eigenvalue weighted by Crippen LogP contribution is -2.37. The molecule has 0 saturated heterocycles. The Morgan fingerprint density at radius 2 is 2.04 bits per heavy atom. The van der Waals surface area contributed by atoms with E-state index in [0.29, 0.717) is 5.75 Å². The fourth-order valence-electron chi connectivity index (χ4n) is 3.32. The highest BCUT2D eigenvalue weighted by molar-refractivity contribution is 9.10. The molecule has 4 rings (SSSR count). The van der Waals surface area contributed by atoms with Gasteiger partial charge in [0, 0.05) is 22.3 Å². The van der Waals surface area contributed by atoms with Gasteiger partial charge in [0.15, 0.2) is 11.5 Å². The molecule has 126 valence electrons. The number of hydrogen-bond acceptors (Lipinski definition) is 5. The zero-order chi connectivity index (χ0) is 16.7. The maximum atomic E-state index is 5.71. The fourth-order valence-corrected chi connectivity index (χ4v) is 3.58. The van der Waals surface area contributed by atoms with Gasteiger partial charge in [0.2, 0.25) is 12.5 Å². The quantitative estimate of drug-likeness (QED) is 0.863. The molecule has 0 amide bonds. The predicted molar refractivity (Wildman–Crippen MR) is 96.0 cm³/mol. The molecule has 6 heteroatoms. The second kappa shape index (κ2) is 6.18. The van der Waals surface area contributed by atoms with E-state index in [9.17, 15) is 0 Å². The first kappa shape index (κ1) is 15.6. The SMILES string of the molecule is COc1c2c(cc3c1[C@H](Nc1ccc(Br)cc1)N(C)CC3)OCO2. The van der Waals surface area contributed by atoms with Crippen LogP contribution in [0.25, 0.3) is 0 Å². The number of methoxy groups -OCH3 is 1. The van der Waals surface area contributed by atoms with E-state index in [1.807, 2.05) is 12.1 Å². The summed E-state index contributed by atoms with van der Waals surface area (Å²) in [7, 11) is 3.80. The highest BCUT2D eigenvalue weighted by Crippen LogP contribution is 2.49.